The third-order valence-electron chi connectivity index (χ3n) is 3.03. The van der Waals surface area contributed by atoms with Gasteiger partial charge in [0.2, 0.25) is 0 Å². The molecule has 1 saturated heterocycles. The van der Waals surface area contributed by atoms with E-state index in [1.807, 2.05) is 0 Å². The Hall–Kier alpha value is -0.640. The van der Waals surface area contributed by atoms with Gasteiger partial charge in [-0.1, -0.05) is 17.7 Å². The molecule has 0 aliphatic carbocycles. The van der Waals surface area contributed by atoms with Gasteiger partial charge >= 0.3 is 0 Å². The molecule has 1 heterocycles. The number of rotatable bonds is 1. The second-order valence-electron chi connectivity index (χ2n) is 4.23. The van der Waals surface area contributed by atoms with Crippen molar-refractivity contribution in [2.75, 3.05) is 26.7 Å². The number of nitrogens with zero attached hydrogens (tertiary/aromatic N) is 1. The van der Waals surface area contributed by atoms with Gasteiger partial charge in [0.15, 0.2) is 0 Å². The molecule has 1 fully saturated rings. The Balaban J connectivity index is 2.23. The summed E-state index contributed by atoms with van der Waals surface area (Å²) in [5.74, 6) is -0.213. The topological polar surface area (TPSA) is 15.3 Å². The van der Waals surface area contributed by atoms with Gasteiger partial charge in [0.05, 0.1) is 0 Å². The van der Waals surface area contributed by atoms with Crippen LogP contribution in [0.4, 0.5) is 4.39 Å². The van der Waals surface area contributed by atoms with Gasteiger partial charge in [-0.25, -0.2) is 4.39 Å². The van der Waals surface area contributed by atoms with Crippen LogP contribution in [-0.4, -0.2) is 31.6 Å². The highest BCUT2D eigenvalue weighted by atomic mass is 35.5. The quantitative estimate of drug-likeness (QED) is 0.814. The Morgan fingerprint density at radius 1 is 1.44 bits per heavy atom. The summed E-state index contributed by atoms with van der Waals surface area (Å²) in [5, 5.41) is 3.86. The zero-order chi connectivity index (χ0) is 11.5. The zero-order valence-electron chi connectivity index (χ0n) is 9.34. The SMILES string of the molecule is CN1CCNC(c2c(F)cccc2Cl)CC1. The Morgan fingerprint density at radius 2 is 2.25 bits per heavy atom. The Labute approximate surface area is 100 Å². The number of halogens is 2. The lowest BCUT2D eigenvalue weighted by Crippen LogP contribution is -2.25. The average molecular weight is 243 g/mol. The third-order valence-corrected chi connectivity index (χ3v) is 3.36. The first-order valence-corrected chi connectivity index (χ1v) is 5.92. The molecule has 0 amide bonds. The molecular weight excluding hydrogens is 227 g/mol. The van der Waals surface area contributed by atoms with E-state index in [0.29, 0.717) is 10.6 Å². The highest BCUT2D eigenvalue weighted by molar-refractivity contribution is 6.31. The predicted octanol–water partition coefficient (Wildman–Crippen LogP) is 2.45. The molecule has 1 aromatic carbocycles. The van der Waals surface area contributed by atoms with Gasteiger partial charge in [0.1, 0.15) is 5.82 Å². The van der Waals surface area contributed by atoms with Crippen molar-refractivity contribution in [3.8, 4) is 0 Å². The first-order chi connectivity index (χ1) is 7.68. The normalized spacial score (nSPS) is 23.1. The van der Waals surface area contributed by atoms with Crippen LogP contribution in [0.25, 0.3) is 0 Å². The van der Waals surface area contributed by atoms with Crippen molar-refractivity contribution in [2.24, 2.45) is 0 Å². The van der Waals surface area contributed by atoms with Crippen molar-refractivity contribution < 1.29 is 4.39 Å². The van der Waals surface area contributed by atoms with E-state index >= 15 is 0 Å². The van der Waals surface area contributed by atoms with Crippen molar-refractivity contribution in [3.05, 3.63) is 34.6 Å². The number of hydrogen-bond donors (Lipinski definition) is 1. The van der Waals surface area contributed by atoms with Crippen LogP contribution in [0, 0.1) is 5.82 Å². The van der Waals surface area contributed by atoms with Crippen LogP contribution in [0.5, 0.6) is 0 Å². The summed E-state index contributed by atoms with van der Waals surface area (Å²) < 4.78 is 13.7. The van der Waals surface area contributed by atoms with E-state index in [1.54, 1.807) is 12.1 Å². The van der Waals surface area contributed by atoms with E-state index in [2.05, 4.69) is 17.3 Å². The van der Waals surface area contributed by atoms with Crippen molar-refractivity contribution in [1.82, 2.24) is 10.2 Å². The predicted molar refractivity (Wildman–Crippen MR) is 64.3 cm³/mol. The summed E-state index contributed by atoms with van der Waals surface area (Å²) in [7, 11) is 2.08. The van der Waals surface area contributed by atoms with Crippen LogP contribution < -0.4 is 5.32 Å². The fourth-order valence-electron chi connectivity index (χ4n) is 2.08. The number of hydrogen-bond acceptors (Lipinski definition) is 2. The van der Waals surface area contributed by atoms with Gasteiger partial charge < -0.3 is 10.2 Å². The van der Waals surface area contributed by atoms with Gasteiger partial charge in [-0.05, 0) is 32.1 Å². The zero-order valence-corrected chi connectivity index (χ0v) is 10.1. The molecule has 0 bridgehead atoms. The molecule has 88 valence electrons. The number of nitrogens with one attached hydrogen (secondary N) is 1. The minimum atomic E-state index is -0.213. The molecule has 0 radical (unpaired) electrons. The first kappa shape index (κ1) is 11.8. The lowest BCUT2D eigenvalue weighted by atomic mass is 10.0. The van der Waals surface area contributed by atoms with E-state index in [1.165, 1.54) is 6.07 Å². The monoisotopic (exact) mass is 242 g/mol. The summed E-state index contributed by atoms with van der Waals surface area (Å²) in [6.45, 7) is 2.82. The molecular formula is C12H16ClFN2. The molecule has 0 saturated carbocycles. The molecule has 1 aliphatic heterocycles. The lowest BCUT2D eigenvalue weighted by Gasteiger charge is -2.18. The number of likely N-dealkylation sites (N-methyl/N-ethyl adjacent to an activating group) is 1. The highest BCUT2D eigenvalue weighted by Crippen LogP contribution is 2.28. The fraction of sp³-hybridized carbons (Fsp3) is 0.500. The largest absolute Gasteiger partial charge is 0.308 e. The van der Waals surface area contributed by atoms with Crippen LogP contribution in [0.3, 0.4) is 0 Å². The van der Waals surface area contributed by atoms with Crippen molar-refractivity contribution in [3.63, 3.8) is 0 Å². The van der Waals surface area contributed by atoms with E-state index < -0.39 is 0 Å². The van der Waals surface area contributed by atoms with Gasteiger partial charge in [0, 0.05) is 29.7 Å². The van der Waals surface area contributed by atoms with Crippen molar-refractivity contribution >= 4 is 11.6 Å². The summed E-state index contributed by atoms with van der Waals surface area (Å²) in [5.41, 5.74) is 0.611. The standard InChI is InChI=1S/C12H16ClFN2/c1-16-7-5-11(15-6-8-16)12-9(13)3-2-4-10(12)14/h2-4,11,15H,5-8H2,1H3. The Morgan fingerprint density at radius 3 is 3.00 bits per heavy atom. The minimum absolute atomic E-state index is 0.0265. The van der Waals surface area contributed by atoms with Gasteiger partial charge in [-0.3, -0.25) is 0 Å². The maximum absolute atomic E-state index is 13.7. The second-order valence-corrected chi connectivity index (χ2v) is 4.64. The number of benzene rings is 1. The van der Waals surface area contributed by atoms with Crippen LogP contribution >= 0.6 is 11.6 Å². The van der Waals surface area contributed by atoms with E-state index in [-0.39, 0.29) is 11.9 Å². The fourth-order valence-corrected chi connectivity index (χ4v) is 2.38. The van der Waals surface area contributed by atoms with Crippen LogP contribution in [0.1, 0.15) is 18.0 Å². The van der Waals surface area contributed by atoms with Gasteiger partial charge in [0.25, 0.3) is 0 Å². The smallest absolute Gasteiger partial charge is 0.129 e. The second kappa shape index (κ2) is 5.13. The summed E-state index contributed by atoms with van der Waals surface area (Å²) in [6.07, 6.45) is 0.886. The Bertz CT molecular complexity index is 350. The van der Waals surface area contributed by atoms with Crippen LogP contribution in [-0.2, 0) is 0 Å². The van der Waals surface area contributed by atoms with Crippen molar-refractivity contribution in [2.45, 2.75) is 12.5 Å². The average Bonchev–Trinajstić information content (AvgIpc) is 2.44. The van der Waals surface area contributed by atoms with Crippen LogP contribution in [0.15, 0.2) is 18.2 Å². The van der Waals surface area contributed by atoms with E-state index in [0.717, 1.165) is 26.1 Å². The van der Waals surface area contributed by atoms with E-state index in [9.17, 15) is 4.39 Å². The van der Waals surface area contributed by atoms with Crippen molar-refractivity contribution in [1.29, 1.82) is 0 Å². The summed E-state index contributed by atoms with van der Waals surface area (Å²) in [6, 6.07) is 4.89. The molecule has 1 N–H and O–H groups in total. The molecule has 0 spiro atoms. The molecule has 1 atom stereocenters. The van der Waals surface area contributed by atoms with Crippen LogP contribution in [0.2, 0.25) is 5.02 Å². The minimum Gasteiger partial charge on any atom is -0.308 e. The van der Waals surface area contributed by atoms with Gasteiger partial charge in [-0.2, -0.15) is 0 Å². The first-order valence-electron chi connectivity index (χ1n) is 5.54. The maximum atomic E-state index is 13.7. The summed E-state index contributed by atoms with van der Waals surface area (Å²) >= 11 is 6.06. The highest BCUT2D eigenvalue weighted by Gasteiger charge is 2.21. The Kier molecular flexibility index (Phi) is 3.79. The third kappa shape index (κ3) is 2.54. The lowest BCUT2D eigenvalue weighted by molar-refractivity contribution is 0.354. The molecule has 1 aliphatic rings. The van der Waals surface area contributed by atoms with E-state index in [4.69, 9.17) is 11.6 Å². The molecule has 1 unspecified atom stereocenters. The molecule has 4 heteroatoms. The maximum Gasteiger partial charge on any atom is 0.129 e. The molecule has 0 aromatic heterocycles. The molecule has 2 rings (SSSR count). The molecule has 2 nitrogen and oxygen atoms in total. The van der Waals surface area contributed by atoms with Gasteiger partial charge in [-0.15, -0.1) is 0 Å². The summed E-state index contributed by atoms with van der Waals surface area (Å²) in [4.78, 5) is 2.24. The molecule has 16 heavy (non-hydrogen) atoms. The molecule has 1 aromatic rings.